The summed E-state index contributed by atoms with van der Waals surface area (Å²) in [5.41, 5.74) is 0.313. The van der Waals surface area contributed by atoms with Crippen LogP contribution >= 0.6 is 0 Å². The highest BCUT2D eigenvalue weighted by Gasteiger charge is 2.21. The van der Waals surface area contributed by atoms with Crippen LogP contribution in [0, 0.1) is 0 Å². The standard InChI is InChI=1S/C14H16N2O4/c1-14(2,3)20-13(19)16-8-10(15-12(17)18)9-6-4-5-7-11(9)16/h4-8,15H,1-3H3,(H,17,18). The molecule has 2 aromatic rings. The van der Waals surface area contributed by atoms with Gasteiger partial charge in [0.15, 0.2) is 0 Å². The van der Waals surface area contributed by atoms with Crippen molar-refractivity contribution in [2.75, 3.05) is 5.32 Å². The number of aromatic nitrogens is 1. The van der Waals surface area contributed by atoms with E-state index in [4.69, 9.17) is 9.84 Å². The number of ether oxygens (including phenoxy) is 1. The zero-order valence-corrected chi connectivity index (χ0v) is 11.5. The lowest BCUT2D eigenvalue weighted by molar-refractivity contribution is 0.0544. The molecule has 0 aliphatic heterocycles. The molecular formula is C14H16N2O4. The molecule has 0 fully saturated rings. The van der Waals surface area contributed by atoms with Crippen LogP contribution in [0.25, 0.3) is 10.9 Å². The van der Waals surface area contributed by atoms with E-state index in [9.17, 15) is 9.59 Å². The number of carbonyl (C=O) groups is 2. The molecular weight excluding hydrogens is 260 g/mol. The van der Waals surface area contributed by atoms with Crippen LogP contribution in [0.15, 0.2) is 30.5 Å². The van der Waals surface area contributed by atoms with E-state index < -0.39 is 17.8 Å². The lowest BCUT2D eigenvalue weighted by atomic mass is 10.2. The van der Waals surface area contributed by atoms with E-state index in [2.05, 4.69) is 5.32 Å². The molecule has 0 radical (unpaired) electrons. The largest absolute Gasteiger partial charge is 0.465 e. The fourth-order valence-corrected chi connectivity index (χ4v) is 1.86. The average molecular weight is 276 g/mol. The molecule has 20 heavy (non-hydrogen) atoms. The first-order valence-corrected chi connectivity index (χ1v) is 6.11. The van der Waals surface area contributed by atoms with Crippen molar-refractivity contribution in [3.63, 3.8) is 0 Å². The van der Waals surface area contributed by atoms with Crippen molar-refractivity contribution in [1.82, 2.24) is 4.57 Å². The van der Waals surface area contributed by atoms with Gasteiger partial charge in [-0.25, -0.2) is 9.59 Å². The quantitative estimate of drug-likeness (QED) is 0.835. The van der Waals surface area contributed by atoms with Crippen LogP contribution in [0.3, 0.4) is 0 Å². The summed E-state index contributed by atoms with van der Waals surface area (Å²) in [4.78, 5) is 22.9. The van der Waals surface area contributed by atoms with Crippen molar-refractivity contribution in [2.24, 2.45) is 0 Å². The van der Waals surface area contributed by atoms with Crippen LogP contribution in [0.2, 0.25) is 0 Å². The number of fused-ring (bicyclic) bond motifs is 1. The summed E-state index contributed by atoms with van der Waals surface area (Å²) in [6.45, 7) is 5.31. The number of hydrogen-bond donors (Lipinski definition) is 2. The third-order valence-electron chi connectivity index (χ3n) is 2.54. The molecule has 0 atom stereocenters. The molecule has 1 amide bonds. The Hall–Kier alpha value is -2.50. The highest BCUT2D eigenvalue weighted by molar-refractivity contribution is 6.02. The number of carbonyl (C=O) groups excluding carboxylic acids is 1. The Kier molecular flexibility index (Phi) is 3.40. The molecule has 1 heterocycles. The molecule has 6 nitrogen and oxygen atoms in total. The van der Waals surface area contributed by atoms with Crippen molar-refractivity contribution in [3.05, 3.63) is 30.5 Å². The van der Waals surface area contributed by atoms with Gasteiger partial charge < -0.3 is 9.84 Å². The maximum Gasteiger partial charge on any atom is 0.419 e. The van der Waals surface area contributed by atoms with E-state index in [1.807, 2.05) is 0 Å². The number of carboxylic acid groups (broad SMARTS) is 1. The first kappa shape index (κ1) is 13.9. The molecule has 0 unspecified atom stereocenters. The number of anilines is 1. The van der Waals surface area contributed by atoms with E-state index in [1.165, 1.54) is 10.8 Å². The van der Waals surface area contributed by atoms with Crippen molar-refractivity contribution in [1.29, 1.82) is 0 Å². The Labute approximate surface area is 116 Å². The minimum absolute atomic E-state index is 0.346. The van der Waals surface area contributed by atoms with Gasteiger partial charge in [-0.3, -0.25) is 9.88 Å². The van der Waals surface area contributed by atoms with Gasteiger partial charge in [-0.05, 0) is 26.8 Å². The van der Waals surface area contributed by atoms with Crippen LogP contribution in [0.5, 0.6) is 0 Å². The molecule has 2 N–H and O–H groups in total. The van der Waals surface area contributed by atoms with Crippen LogP contribution in [0.4, 0.5) is 15.3 Å². The molecule has 0 aliphatic carbocycles. The molecule has 1 aromatic heterocycles. The summed E-state index contributed by atoms with van der Waals surface area (Å²) >= 11 is 0. The fourth-order valence-electron chi connectivity index (χ4n) is 1.86. The molecule has 0 spiro atoms. The van der Waals surface area contributed by atoms with Crippen LogP contribution in [-0.4, -0.2) is 27.5 Å². The Morgan fingerprint density at radius 2 is 1.90 bits per heavy atom. The summed E-state index contributed by atoms with van der Waals surface area (Å²) in [6.07, 6.45) is -0.309. The second kappa shape index (κ2) is 4.88. The minimum Gasteiger partial charge on any atom is -0.465 e. The second-order valence-electron chi connectivity index (χ2n) is 5.34. The molecule has 106 valence electrons. The van der Waals surface area contributed by atoms with Crippen molar-refractivity contribution < 1.29 is 19.4 Å². The van der Waals surface area contributed by atoms with Gasteiger partial charge in [0, 0.05) is 11.6 Å². The zero-order valence-electron chi connectivity index (χ0n) is 11.5. The first-order valence-electron chi connectivity index (χ1n) is 6.11. The Morgan fingerprint density at radius 3 is 2.50 bits per heavy atom. The Balaban J connectivity index is 2.48. The molecule has 1 aromatic carbocycles. The number of benzene rings is 1. The zero-order chi connectivity index (χ0) is 14.9. The SMILES string of the molecule is CC(C)(C)OC(=O)n1cc(NC(=O)O)c2ccccc21. The van der Waals surface area contributed by atoms with Gasteiger partial charge >= 0.3 is 12.2 Å². The van der Waals surface area contributed by atoms with Crippen LogP contribution in [-0.2, 0) is 4.74 Å². The number of hydrogen-bond acceptors (Lipinski definition) is 3. The van der Waals surface area contributed by atoms with Gasteiger partial charge in [0.25, 0.3) is 0 Å². The van der Waals surface area contributed by atoms with Gasteiger partial charge in [0.2, 0.25) is 0 Å². The minimum atomic E-state index is -1.18. The third-order valence-corrected chi connectivity index (χ3v) is 2.54. The Bertz CT molecular complexity index is 667. The molecule has 0 saturated carbocycles. The third kappa shape index (κ3) is 2.90. The number of para-hydroxylation sites is 1. The maximum absolute atomic E-state index is 12.1. The highest BCUT2D eigenvalue weighted by Crippen LogP contribution is 2.26. The molecule has 0 aliphatic rings. The van der Waals surface area contributed by atoms with Gasteiger partial charge in [-0.2, -0.15) is 0 Å². The predicted octanol–water partition coefficient (Wildman–Crippen LogP) is 3.51. The van der Waals surface area contributed by atoms with Gasteiger partial charge in [-0.1, -0.05) is 18.2 Å². The van der Waals surface area contributed by atoms with E-state index in [0.717, 1.165) is 0 Å². The van der Waals surface area contributed by atoms with E-state index in [0.29, 0.717) is 16.6 Å². The Morgan fingerprint density at radius 1 is 1.25 bits per heavy atom. The lowest BCUT2D eigenvalue weighted by Gasteiger charge is -2.19. The predicted molar refractivity (Wildman–Crippen MR) is 75.2 cm³/mol. The van der Waals surface area contributed by atoms with E-state index in [1.54, 1.807) is 45.0 Å². The molecule has 0 saturated heterocycles. The van der Waals surface area contributed by atoms with E-state index in [-0.39, 0.29) is 0 Å². The van der Waals surface area contributed by atoms with Gasteiger partial charge in [0.1, 0.15) is 5.60 Å². The second-order valence-corrected chi connectivity index (χ2v) is 5.34. The summed E-state index contributed by atoms with van der Waals surface area (Å²) < 4.78 is 6.60. The number of amides is 1. The van der Waals surface area contributed by atoms with E-state index >= 15 is 0 Å². The lowest BCUT2D eigenvalue weighted by Crippen LogP contribution is -2.26. The van der Waals surface area contributed by atoms with Crippen molar-refractivity contribution in [2.45, 2.75) is 26.4 Å². The molecule has 0 bridgehead atoms. The first-order chi connectivity index (χ1) is 9.28. The molecule has 6 heteroatoms. The van der Waals surface area contributed by atoms with Crippen molar-refractivity contribution in [3.8, 4) is 0 Å². The normalized spacial score (nSPS) is 11.3. The summed E-state index contributed by atoms with van der Waals surface area (Å²) in [5, 5.41) is 11.7. The average Bonchev–Trinajstić information content (AvgIpc) is 2.66. The highest BCUT2D eigenvalue weighted by atomic mass is 16.6. The number of rotatable bonds is 1. The summed E-state index contributed by atoms with van der Waals surface area (Å²) in [6, 6.07) is 7.01. The van der Waals surface area contributed by atoms with Crippen LogP contribution in [0.1, 0.15) is 20.8 Å². The van der Waals surface area contributed by atoms with Crippen LogP contribution < -0.4 is 5.32 Å². The topological polar surface area (TPSA) is 80.6 Å². The monoisotopic (exact) mass is 276 g/mol. The fraction of sp³-hybridized carbons (Fsp3) is 0.286. The number of nitrogens with zero attached hydrogens (tertiary/aromatic N) is 1. The summed E-state index contributed by atoms with van der Waals surface area (Å²) in [5.74, 6) is 0. The molecule has 2 rings (SSSR count). The number of nitrogens with one attached hydrogen (secondary N) is 1. The van der Waals surface area contributed by atoms with Gasteiger partial charge in [-0.15, -0.1) is 0 Å². The summed E-state index contributed by atoms with van der Waals surface area (Å²) in [7, 11) is 0. The maximum atomic E-state index is 12.1. The van der Waals surface area contributed by atoms with Crippen molar-refractivity contribution >= 4 is 28.8 Å². The smallest absolute Gasteiger partial charge is 0.419 e. The van der Waals surface area contributed by atoms with Gasteiger partial charge in [0.05, 0.1) is 11.2 Å².